The lowest BCUT2D eigenvalue weighted by Gasteiger charge is -2.20. The first kappa shape index (κ1) is 8.48. The van der Waals surface area contributed by atoms with Crippen LogP contribution in [0.3, 0.4) is 0 Å². The minimum absolute atomic E-state index is 0.133. The van der Waals surface area contributed by atoms with Crippen LogP contribution in [0.15, 0.2) is 0 Å². The molecule has 0 aromatic carbocycles. The molecule has 70 valence electrons. The lowest BCUT2D eigenvalue weighted by Crippen LogP contribution is -2.15. The quantitative estimate of drug-likeness (QED) is 0.595. The van der Waals surface area contributed by atoms with Crippen LogP contribution in [0, 0.1) is 5.41 Å². The third-order valence-corrected chi connectivity index (χ3v) is 4.65. The molecule has 0 radical (unpaired) electrons. The lowest BCUT2D eigenvalue weighted by molar-refractivity contribution is 0.335. The molecule has 0 saturated heterocycles. The number of hydrogen-bond acceptors (Lipinski definition) is 2. The molecular formula is C8H13FO2S. The van der Waals surface area contributed by atoms with E-state index in [2.05, 4.69) is 0 Å². The van der Waals surface area contributed by atoms with Gasteiger partial charge >= 0.3 is 10.2 Å². The van der Waals surface area contributed by atoms with Crippen molar-refractivity contribution in [3.63, 3.8) is 0 Å². The fourth-order valence-corrected chi connectivity index (χ4v) is 3.85. The normalized spacial score (nSPS) is 33.6. The molecule has 4 heteroatoms. The Morgan fingerprint density at radius 1 is 1.17 bits per heavy atom. The van der Waals surface area contributed by atoms with Crippen molar-refractivity contribution in [3.05, 3.63) is 0 Å². The van der Waals surface area contributed by atoms with E-state index in [1.165, 1.54) is 6.42 Å². The minimum Gasteiger partial charge on any atom is -0.195 e. The van der Waals surface area contributed by atoms with Gasteiger partial charge in [-0.1, -0.05) is 19.3 Å². The topological polar surface area (TPSA) is 34.1 Å². The Kier molecular flexibility index (Phi) is 1.72. The zero-order valence-electron chi connectivity index (χ0n) is 6.92. The molecule has 1 unspecified atom stereocenters. The Morgan fingerprint density at radius 3 is 2.17 bits per heavy atom. The lowest BCUT2D eigenvalue weighted by atomic mass is 9.86. The first-order valence-electron chi connectivity index (χ1n) is 4.48. The van der Waals surface area contributed by atoms with Crippen molar-refractivity contribution in [3.8, 4) is 0 Å². The van der Waals surface area contributed by atoms with Crippen molar-refractivity contribution in [2.45, 2.75) is 43.8 Å². The van der Waals surface area contributed by atoms with Crippen molar-refractivity contribution in [1.29, 1.82) is 0 Å². The molecule has 0 N–H and O–H groups in total. The smallest absolute Gasteiger partial charge is 0.195 e. The van der Waals surface area contributed by atoms with Gasteiger partial charge in [0.2, 0.25) is 0 Å². The monoisotopic (exact) mass is 192 g/mol. The molecule has 2 aliphatic rings. The predicted octanol–water partition coefficient (Wildman–Crippen LogP) is 2.01. The van der Waals surface area contributed by atoms with Crippen molar-refractivity contribution in [1.82, 2.24) is 0 Å². The zero-order valence-corrected chi connectivity index (χ0v) is 7.74. The number of hydrogen-bond donors (Lipinski definition) is 0. The molecule has 2 nitrogen and oxygen atoms in total. The molecule has 2 aliphatic carbocycles. The van der Waals surface area contributed by atoms with Gasteiger partial charge < -0.3 is 0 Å². The summed E-state index contributed by atoms with van der Waals surface area (Å²) in [5.74, 6) is 0. The third kappa shape index (κ3) is 1.26. The maximum absolute atomic E-state index is 12.6. The summed E-state index contributed by atoms with van der Waals surface area (Å²) in [6.07, 6.45) is 5.74. The highest BCUT2D eigenvalue weighted by molar-refractivity contribution is 7.87. The minimum atomic E-state index is -4.24. The van der Waals surface area contributed by atoms with Gasteiger partial charge in [0.15, 0.2) is 0 Å². The van der Waals surface area contributed by atoms with E-state index in [1.807, 2.05) is 0 Å². The first-order valence-corrected chi connectivity index (χ1v) is 5.93. The average molecular weight is 192 g/mol. The van der Waals surface area contributed by atoms with Crippen LogP contribution in [0.2, 0.25) is 0 Å². The van der Waals surface area contributed by atoms with Gasteiger partial charge in [-0.2, -0.15) is 8.42 Å². The zero-order chi connectivity index (χ0) is 8.82. The standard InChI is InChI=1S/C8H13FO2S/c9-12(10,11)7-6-8(7)4-2-1-3-5-8/h7H,1-6H2. The molecule has 2 fully saturated rings. The third-order valence-electron chi connectivity index (χ3n) is 3.30. The summed E-state index contributed by atoms with van der Waals surface area (Å²) >= 11 is 0. The Labute approximate surface area is 72.4 Å². The molecule has 2 saturated carbocycles. The van der Waals surface area contributed by atoms with E-state index in [-0.39, 0.29) is 5.41 Å². The molecule has 0 amide bonds. The second kappa shape index (κ2) is 2.44. The van der Waals surface area contributed by atoms with Gasteiger partial charge in [0.25, 0.3) is 0 Å². The molecule has 0 aromatic heterocycles. The fourth-order valence-electron chi connectivity index (χ4n) is 2.49. The summed E-state index contributed by atoms with van der Waals surface area (Å²) in [6, 6.07) is 0. The Bertz CT molecular complexity index is 277. The Balaban J connectivity index is 2.09. The summed E-state index contributed by atoms with van der Waals surface area (Å²) < 4.78 is 33.8. The summed E-state index contributed by atoms with van der Waals surface area (Å²) in [7, 11) is -4.24. The van der Waals surface area contributed by atoms with Crippen LogP contribution >= 0.6 is 0 Å². The molecule has 0 bridgehead atoms. The molecule has 0 aliphatic heterocycles. The largest absolute Gasteiger partial charge is 0.305 e. The molecule has 1 spiro atoms. The second-order valence-electron chi connectivity index (χ2n) is 4.09. The highest BCUT2D eigenvalue weighted by atomic mass is 32.3. The van der Waals surface area contributed by atoms with E-state index >= 15 is 0 Å². The van der Waals surface area contributed by atoms with Gasteiger partial charge in [0.1, 0.15) is 0 Å². The Morgan fingerprint density at radius 2 is 1.75 bits per heavy atom. The van der Waals surface area contributed by atoms with Crippen molar-refractivity contribution in [2.24, 2.45) is 5.41 Å². The van der Waals surface area contributed by atoms with Crippen LogP contribution in [0.5, 0.6) is 0 Å². The van der Waals surface area contributed by atoms with Crippen molar-refractivity contribution in [2.75, 3.05) is 0 Å². The fraction of sp³-hybridized carbons (Fsp3) is 1.00. The van der Waals surface area contributed by atoms with Crippen molar-refractivity contribution < 1.29 is 12.3 Å². The van der Waals surface area contributed by atoms with Crippen LogP contribution in [-0.4, -0.2) is 13.7 Å². The molecule has 12 heavy (non-hydrogen) atoms. The summed E-state index contributed by atoms with van der Waals surface area (Å²) in [5.41, 5.74) is -0.133. The van der Waals surface area contributed by atoms with E-state index in [1.54, 1.807) is 0 Å². The highest BCUT2D eigenvalue weighted by Crippen LogP contribution is 2.59. The highest BCUT2D eigenvalue weighted by Gasteiger charge is 2.60. The SMILES string of the molecule is O=S(=O)(F)C1CC12CCCCC2. The molecule has 0 aromatic rings. The number of halogens is 1. The van der Waals surface area contributed by atoms with E-state index in [0.29, 0.717) is 6.42 Å². The summed E-state index contributed by atoms with van der Waals surface area (Å²) in [6.45, 7) is 0. The predicted molar refractivity (Wildman–Crippen MR) is 44.0 cm³/mol. The maximum atomic E-state index is 12.6. The van der Waals surface area contributed by atoms with Gasteiger partial charge in [-0.25, -0.2) is 0 Å². The average Bonchev–Trinajstić information content (AvgIpc) is 2.65. The van der Waals surface area contributed by atoms with Gasteiger partial charge in [-0.15, -0.1) is 3.89 Å². The van der Waals surface area contributed by atoms with Gasteiger partial charge in [0.05, 0.1) is 5.25 Å². The summed E-state index contributed by atoms with van der Waals surface area (Å²) in [5, 5.41) is -0.648. The Hall–Kier alpha value is -0.120. The van der Waals surface area contributed by atoms with Crippen molar-refractivity contribution >= 4 is 10.2 Å². The maximum Gasteiger partial charge on any atom is 0.305 e. The van der Waals surface area contributed by atoms with Gasteiger partial charge in [-0.3, -0.25) is 0 Å². The van der Waals surface area contributed by atoms with Crippen LogP contribution < -0.4 is 0 Å². The van der Waals surface area contributed by atoms with Crippen LogP contribution in [0.25, 0.3) is 0 Å². The van der Waals surface area contributed by atoms with Gasteiger partial charge in [-0.05, 0) is 24.7 Å². The summed E-state index contributed by atoms with van der Waals surface area (Å²) in [4.78, 5) is 0. The van der Waals surface area contributed by atoms with Crippen LogP contribution in [0.1, 0.15) is 38.5 Å². The molecule has 1 atom stereocenters. The van der Waals surface area contributed by atoms with E-state index in [0.717, 1.165) is 25.7 Å². The van der Waals surface area contributed by atoms with E-state index in [9.17, 15) is 12.3 Å². The first-order chi connectivity index (χ1) is 5.55. The molecule has 2 rings (SSSR count). The number of rotatable bonds is 1. The van der Waals surface area contributed by atoms with Crippen LogP contribution in [-0.2, 0) is 10.2 Å². The second-order valence-corrected chi connectivity index (χ2v) is 5.61. The van der Waals surface area contributed by atoms with Gasteiger partial charge in [0, 0.05) is 0 Å². The van der Waals surface area contributed by atoms with E-state index < -0.39 is 15.5 Å². The molecular weight excluding hydrogens is 179 g/mol. The van der Waals surface area contributed by atoms with Crippen LogP contribution in [0.4, 0.5) is 3.89 Å². The van der Waals surface area contributed by atoms with E-state index in [4.69, 9.17) is 0 Å². The molecule has 0 heterocycles.